The van der Waals surface area contributed by atoms with Gasteiger partial charge in [-0.05, 0) is 61.0 Å². The summed E-state index contributed by atoms with van der Waals surface area (Å²) < 4.78 is 5.79. The zero-order chi connectivity index (χ0) is 20.1. The van der Waals surface area contributed by atoms with Gasteiger partial charge in [0.05, 0.1) is 0 Å². The van der Waals surface area contributed by atoms with E-state index in [1.165, 1.54) is 11.3 Å². The van der Waals surface area contributed by atoms with Crippen molar-refractivity contribution >= 4 is 17.4 Å². The summed E-state index contributed by atoms with van der Waals surface area (Å²) >= 11 is 0. The monoisotopic (exact) mass is 387 g/mol. The lowest BCUT2D eigenvalue weighted by Crippen LogP contribution is -2.50. The molecular formula is C24H25N3O2. The van der Waals surface area contributed by atoms with Crippen LogP contribution in [0.15, 0.2) is 78.9 Å². The van der Waals surface area contributed by atoms with E-state index in [-0.39, 0.29) is 6.03 Å². The number of hydrogen-bond acceptors (Lipinski definition) is 3. The molecule has 1 heterocycles. The predicted molar refractivity (Wildman–Crippen MR) is 117 cm³/mol. The molecule has 29 heavy (non-hydrogen) atoms. The number of urea groups is 1. The Morgan fingerprint density at radius 3 is 2.21 bits per heavy atom. The van der Waals surface area contributed by atoms with Crippen LogP contribution in [0, 0.1) is 6.92 Å². The van der Waals surface area contributed by atoms with E-state index < -0.39 is 0 Å². The summed E-state index contributed by atoms with van der Waals surface area (Å²) in [6.07, 6.45) is 0. The van der Waals surface area contributed by atoms with Crippen LogP contribution < -0.4 is 15.0 Å². The predicted octanol–water partition coefficient (Wildman–Crippen LogP) is 5.14. The molecule has 5 nitrogen and oxygen atoms in total. The van der Waals surface area contributed by atoms with Crippen molar-refractivity contribution in [3.63, 3.8) is 0 Å². The molecule has 0 unspecified atom stereocenters. The van der Waals surface area contributed by atoms with E-state index in [9.17, 15) is 4.79 Å². The van der Waals surface area contributed by atoms with E-state index in [4.69, 9.17) is 4.74 Å². The Bertz CT molecular complexity index is 949. The molecule has 1 aliphatic rings. The number of ether oxygens (including phenoxy) is 1. The lowest BCUT2D eigenvalue weighted by molar-refractivity contribution is 0.208. The van der Waals surface area contributed by atoms with Crippen LogP contribution in [-0.4, -0.2) is 37.1 Å². The number of benzene rings is 3. The highest BCUT2D eigenvalue weighted by atomic mass is 16.5. The largest absolute Gasteiger partial charge is 0.457 e. The Hall–Kier alpha value is -3.47. The third-order valence-corrected chi connectivity index (χ3v) is 5.02. The van der Waals surface area contributed by atoms with Gasteiger partial charge in [0.15, 0.2) is 0 Å². The number of piperazine rings is 1. The number of carbonyl (C=O) groups excluding carboxylic acids is 1. The first-order valence-corrected chi connectivity index (χ1v) is 9.88. The molecule has 0 atom stereocenters. The molecule has 148 valence electrons. The van der Waals surface area contributed by atoms with Crippen molar-refractivity contribution in [3.8, 4) is 11.5 Å². The van der Waals surface area contributed by atoms with Crippen LogP contribution in [0.2, 0.25) is 0 Å². The summed E-state index contributed by atoms with van der Waals surface area (Å²) in [6.45, 7) is 5.18. The fourth-order valence-electron chi connectivity index (χ4n) is 3.43. The Kier molecular flexibility index (Phi) is 5.66. The van der Waals surface area contributed by atoms with Crippen LogP contribution >= 0.6 is 0 Å². The molecule has 0 aromatic heterocycles. The van der Waals surface area contributed by atoms with Crippen molar-refractivity contribution in [1.29, 1.82) is 0 Å². The molecule has 3 aromatic carbocycles. The normalized spacial score (nSPS) is 13.8. The minimum atomic E-state index is -0.0642. The quantitative estimate of drug-likeness (QED) is 0.674. The van der Waals surface area contributed by atoms with Crippen molar-refractivity contribution in [2.24, 2.45) is 0 Å². The second-order valence-electron chi connectivity index (χ2n) is 7.18. The number of rotatable bonds is 4. The summed E-state index contributed by atoms with van der Waals surface area (Å²) in [5, 5.41) is 2.98. The van der Waals surface area contributed by atoms with Crippen molar-refractivity contribution in [2.75, 3.05) is 36.4 Å². The highest BCUT2D eigenvalue weighted by Gasteiger charge is 2.21. The number of amides is 2. The molecule has 1 N–H and O–H groups in total. The van der Waals surface area contributed by atoms with Gasteiger partial charge in [-0.25, -0.2) is 4.79 Å². The third-order valence-electron chi connectivity index (χ3n) is 5.02. The molecule has 3 aromatic rings. The number of hydrogen-bond donors (Lipinski definition) is 1. The number of carbonyl (C=O) groups is 1. The molecule has 1 fully saturated rings. The Morgan fingerprint density at radius 2 is 1.52 bits per heavy atom. The van der Waals surface area contributed by atoms with E-state index >= 15 is 0 Å². The lowest BCUT2D eigenvalue weighted by atomic mass is 10.2. The summed E-state index contributed by atoms with van der Waals surface area (Å²) in [4.78, 5) is 16.8. The van der Waals surface area contributed by atoms with Crippen molar-refractivity contribution < 1.29 is 9.53 Å². The first-order chi connectivity index (χ1) is 14.2. The van der Waals surface area contributed by atoms with Crippen LogP contribution in [0.4, 0.5) is 16.2 Å². The average molecular weight is 387 g/mol. The maximum absolute atomic E-state index is 12.6. The van der Waals surface area contributed by atoms with Gasteiger partial charge in [0, 0.05) is 37.6 Å². The van der Waals surface area contributed by atoms with Gasteiger partial charge < -0.3 is 19.9 Å². The summed E-state index contributed by atoms with van der Waals surface area (Å²) in [5.74, 6) is 1.52. The molecule has 0 bridgehead atoms. The fourth-order valence-corrected chi connectivity index (χ4v) is 3.43. The van der Waals surface area contributed by atoms with Crippen LogP contribution in [-0.2, 0) is 0 Å². The molecule has 0 saturated carbocycles. The zero-order valence-electron chi connectivity index (χ0n) is 16.5. The van der Waals surface area contributed by atoms with Crippen molar-refractivity contribution in [2.45, 2.75) is 6.92 Å². The van der Waals surface area contributed by atoms with Crippen LogP contribution in [0.1, 0.15) is 5.56 Å². The Labute approximate surface area is 171 Å². The molecule has 4 rings (SSSR count). The molecule has 0 spiro atoms. The van der Waals surface area contributed by atoms with E-state index in [0.717, 1.165) is 30.3 Å². The Morgan fingerprint density at radius 1 is 0.828 bits per heavy atom. The van der Waals surface area contributed by atoms with E-state index in [2.05, 4.69) is 41.4 Å². The van der Waals surface area contributed by atoms with Gasteiger partial charge >= 0.3 is 6.03 Å². The summed E-state index contributed by atoms with van der Waals surface area (Å²) in [7, 11) is 0. The number of aryl methyl sites for hydroxylation is 1. The van der Waals surface area contributed by atoms with Gasteiger partial charge in [0.25, 0.3) is 0 Å². The number of para-hydroxylation sites is 1. The average Bonchev–Trinajstić information content (AvgIpc) is 2.76. The molecule has 5 heteroatoms. The molecule has 1 aliphatic heterocycles. The van der Waals surface area contributed by atoms with Crippen molar-refractivity contribution in [3.05, 3.63) is 84.4 Å². The van der Waals surface area contributed by atoms with Gasteiger partial charge in [-0.15, -0.1) is 0 Å². The van der Waals surface area contributed by atoms with Gasteiger partial charge in [0.2, 0.25) is 0 Å². The van der Waals surface area contributed by atoms with Gasteiger partial charge in [-0.3, -0.25) is 0 Å². The zero-order valence-corrected chi connectivity index (χ0v) is 16.5. The second-order valence-corrected chi connectivity index (χ2v) is 7.18. The van der Waals surface area contributed by atoms with E-state index in [0.29, 0.717) is 13.1 Å². The Balaban J connectivity index is 1.29. The number of anilines is 2. The minimum absolute atomic E-state index is 0.0642. The first kappa shape index (κ1) is 18.9. The number of nitrogens with one attached hydrogen (secondary N) is 1. The minimum Gasteiger partial charge on any atom is -0.457 e. The van der Waals surface area contributed by atoms with E-state index in [1.807, 2.05) is 59.5 Å². The molecule has 2 amide bonds. The SMILES string of the molecule is Cc1cccc(N2CCN(C(=O)Nc3ccc(Oc4ccccc4)cc3)CC2)c1. The smallest absolute Gasteiger partial charge is 0.321 e. The van der Waals surface area contributed by atoms with Gasteiger partial charge in [-0.2, -0.15) is 0 Å². The van der Waals surface area contributed by atoms with Gasteiger partial charge in [0.1, 0.15) is 11.5 Å². The topological polar surface area (TPSA) is 44.8 Å². The van der Waals surface area contributed by atoms with Crippen LogP contribution in [0.3, 0.4) is 0 Å². The maximum Gasteiger partial charge on any atom is 0.321 e. The maximum atomic E-state index is 12.6. The number of nitrogens with zero attached hydrogens (tertiary/aromatic N) is 2. The second kappa shape index (κ2) is 8.69. The molecule has 0 radical (unpaired) electrons. The fraction of sp³-hybridized carbons (Fsp3) is 0.208. The van der Waals surface area contributed by atoms with Gasteiger partial charge in [-0.1, -0.05) is 30.3 Å². The summed E-state index contributed by atoms with van der Waals surface area (Å²) in [5.41, 5.74) is 3.23. The highest BCUT2D eigenvalue weighted by molar-refractivity contribution is 5.89. The standard InChI is InChI=1S/C24H25N3O2/c1-19-6-5-7-21(18-19)26-14-16-27(17-15-26)24(28)25-20-10-12-23(13-11-20)29-22-8-3-2-4-9-22/h2-13,18H,14-17H2,1H3,(H,25,28). The highest BCUT2D eigenvalue weighted by Crippen LogP contribution is 2.23. The summed E-state index contributed by atoms with van der Waals surface area (Å²) in [6, 6.07) is 25.5. The third kappa shape index (κ3) is 4.88. The van der Waals surface area contributed by atoms with Crippen LogP contribution in [0.25, 0.3) is 0 Å². The first-order valence-electron chi connectivity index (χ1n) is 9.88. The molecular weight excluding hydrogens is 362 g/mol. The molecule has 1 saturated heterocycles. The van der Waals surface area contributed by atoms with Crippen molar-refractivity contribution in [1.82, 2.24) is 4.90 Å². The lowest BCUT2D eigenvalue weighted by Gasteiger charge is -2.36. The van der Waals surface area contributed by atoms with Crippen LogP contribution in [0.5, 0.6) is 11.5 Å². The van der Waals surface area contributed by atoms with E-state index in [1.54, 1.807) is 0 Å². The molecule has 0 aliphatic carbocycles.